The Bertz CT molecular complexity index is 388. The number of amides is 1. The van der Waals surface area contributed by atoms with Crippen molar-refractivity contribution in [1.29, 1.82) is 0 Å². The SMILES string of the molecule is CC(C)(C)OC(=O)N1CCOC(C2(CO)CC2(C)C)C1. The third-order valence-corrected chi connectivity index (χ3v) is 4.60. The number of morpholine rings is 1. The first-order valence-corrected chi connectivity index (χ1v) is 7.32. The fourth-order valence-electron chi connectivity index (χ4n) is 3.14. The smallest absolute Gasteiger partial charge is 0.410 e. The van der Waals surface area contributed by atoms with Crippen molar-refractivity contribution >= 4 is 6.09 Å². The van der Waals surface area contributed by atoms with Crippen LogP contribution in [0.15, 0.2) is 0 Å². The van der Waals surface area contributed by atoms with E-state index < -0.39 is 5.60 Å². The Balaban J connectivity index is 2.01. The Kier molecular flexibility index (Phi) is 3.80. The van der Waals surface area contributed by atoms with Crippen molar-refractivity contribution < 1.29 is 19.4 Å². The molecule has 2 unspecified atom stereocenters. The van der Waals surface area contributed by atoms with Gasteiger partial charge in [0.05, 0.1) is 25.9 Å². The van der Waals surface area contributed by atoms with Crippen LogP contribution in [0.1, 0.15) is 41.0 Å². The summed E-state index contributed by atoms with van der Waals surface area (Å²) in [5.41, 5.74) is -0.630. The zero-order valence-electron chi connectivity index (χ0n) is 13.2. The molecule has 0 aromatic heterocycles. The summed E-state index contributed by atoms with van der Waals surface area (Å²) in [6.07, 6.45) is 0.532. The third-order valence-electron chi connectivity index (χ3n) is 4.60. The molecule has 2 rings (SSSR count). The molecular formula is C15H27NO4. The standard InChI is InChI=1S/C15H27NO4/c1-13(2,3)20-12(18)16-6-7-19-11(8-16)15(10-17)9-14(15,4)5/h11,17H,6-10H2,1-5H3. The zero-order chi connectivity index (χ0) is 15.2. The lowest BCUT2D eigenvalue weighted by Crippen LogP contribution is -2.51. The largest absolute Gasteiger partial charge is 0.444 e. The van der Waals surface area contributed by atoms with E-state index in [4.69, 9.17) is 9.47 Å². The van der Waals surface area contributed by atoms with Gasteiger partial charge in [-0.05, 0) is 32.6 Å². The van der Waals surface area contributed by atoms with Gasteiger partial charge in [0.15, 0.2) is 0 Å². The van der Waals surface area contributed by atoms with Crippen LogP contribution in [0.25, 0.3) is 0 Å². The molecule has 2 aliphatic rings. The lowest BCUT2D eigenvalue weighted by molar-refractivity contribution is -0.0885. The van der Waals surface area contributed by atoms with E-state index >= 15 is 0 Å². The molecule has 1 aliphatic carbocycles. The van der Waals surface area contributed by atoms with Crippen molar-refractivity contribution in [3.63, 3.8) is 0 Å². The molecule has 20 heavy (non-hydrogen) atoms. The molecule has 5 heteroatoms. The van der Waals surface area contributed by atoms with E-state index in [0.29, 0.717) is 19.7 Å². The molecule has 2 fully saturated rings. The molecule has 1 aliphatic heterocycles. The van der Waals surface area contributed by atoms with Gasteiger partial charge in [-0.1, -0.05) is 13.8 Å². The second-order valence-corrected chi connectivity index (χ2v) is 7.66. The quantitative estimate of drug-likeness (QED) is 0.843. The molecule has 0 aromatic rings. The molecule has 1 saturated heterocycles. The van der Waals surface area contributed by atoms with Crippen LogP contribution < -0.4 is 0 Å². The number of hydrogen-bond acceptors (Lipinski definition) is 4. The molecule has 2 atom stereocenters. The van der Waals surface area contributed by atoms with E-state index in [1.54, 1.807) is 4.90 Å². The predicted octanol–water partition coefficient (Wildman–Crippen LogP) is 2.03. The zero-order valence-corrected chi connectivity index (χ0v) is 13.2. The minimum atomic E-state index is -0.488. The molecule has 116 valence electrons. The summed E-state index contributed by atoms with van der Waals surface area (Å²) in [7, 11) is 0. The molecule has 1 amide bonds. The van der Waals surface area contributed by atoms with Crippen LogP contribution in [0.5, 0.6) is 0 Å². The summed E-state index contributed by atoms with van der Waals surface area (Å²) in [5.74, 6) is 0. The molecule has 5 nitrogen and oxygen atoms in total. The number of rotatable bonds is 2. The Morgan fingerprint density at radius 1 is 1.45 bits per heavy atom. The minimum Gasteiger partial charge on any atom is -0.444 e. The fraction of sp³-hybridized carbons (Fsp3) is 0.933. The molecule has 1 saturated carbocycles. The number of nitrogens with zero attached hydrogens (tertiary/aromatic N) is 1. The summed E-state index contributed by atoms with van der Waals surface area (Å²) in [4.78, 5) is 13.8. The first kappa shape index (κ1) is 15.6. The topological polar surface area (TPSA) is 59.0 Å². The molecule has 0 bridgehead atoms. The van der Waals surface area contributed by atoms with Crippen LogP contribution >= 0.6 is 0 Å². The number of carbonyl (C=O) groups excluding carboxylic acids is 1. The van der Waals surface area contributed by atoms with E-state index in [2.05, 4.69) is 13.8 Å². The number of carbonyl (C=O) groups is 1. The maximum Gasteiger partial charge on any atom is 0.410 e. The normalized spacial score (nSPS) is 32.9. The van der Waals surface area contributed by atoms with Crippen LogP contribution in [-0.4, -0.2) is 54.1 Å². The maximum absolute atomic E-state index is 12.1. The highest BCUT2D eigenvalue weighted by atomic mass is 16.6. The number of aliphatic hydroxyl groups excluding tert-OH is 1. The lowest BCUT2D eigenvalue weighted by Gasteiger charge is -2.38. The summed E-state index contributed by atoms with van der Waals surface area (Å²) < 4.78 is 11.2. The van der Waals surface area contributed by atoms with Gasteiger partial charge in [0.2, 0.25) is 0 Å². The van der Waals surface area contributed by atoms with Crippen LogP contribution in [0.4, 0.5) is 4.79 Å². The highest BCUT2D eigenvalue weighted by molar-refractivity contribution is 5.68. The van der Waals surface area contributed by atoms with Crippen molar-refractivity contribution in [3.05, 3.63) is 0 Å². The van der Waals surface area contributed by atoms with E-state index in [1.807, 2.05) is 20.8 Å². The molecule has 1 heterocycles. The minimum absolute atomic E-state index is 0.0728. The van der Waals surface area contributed by atoms with Crippen LogP contribution in [0, 0.1) is 10.8 Å². The summed E-state index contributed by atoms with van der Waals surface area (Å²) in [5, 5.41) is 9.74. The van der Waals surface area contributed by atoms with Crippen LogP contribution in [0.2, 0.25) is 0 Å². The number of hydrogen-bond donors (Lipinski definition) is 1. The van der Waals surface area contributed by atoms with Gasteiger partial charge >= 0.3 is 6.09 Å². The monoisotopic (exact) mass is 285 g/mol. The average Bonchev–Trinajstić information content (AvgIpc) is 2.91. The fourth-order valence-corrected chi connectivity index (χ4v) is 3.14. The van der Waals surface area contributed by atoms with Gasteiger partial charge in [0.25, 0.3) is 0 Å². The van der Waals surface area contributed by atoms with Crippen LogP contribution in [-0.2, 0) is 9.47 Å². The highest BCUT2D eigenvalue weighted by Crippen LogP contribution is 2.66. The first-order valence-electron chi connectivity index (χ1n) is 7.32. The molecule has 0 radical (unpaired) electrons. The van der Waals surface area contributed by atoms with E-state index in [9.17, 15) is 9.90 Å². The van der Waals surface area contributed by atoms with Crippen LogP contribution in [0.3, 0.4) is 0 Å². The van der Waals surface area contributed by atoms with Gasteiger partial charge in [-0.15, -0.1) is 0 Å². The first-order chi connectivity index (χ1) is 9.11. The van der Waals surface area contributed by atoms with Gasteiger partial charge in [-0.2, -0.15) is 0 Å². The predicted molar refractivity (Wildman–Crippen MR) is 75.5 cm³/mol. The van der Waals surface area contributed by atoms with Gasteiger partial charge in [-0.3, -0.25) is 0 Å². The van der Waals surface area contributed by atoms with Crippen molar-refractivity contribution in [1.82, 2.24) is 4.90 Å². The molecule has 0 aromatic carbocycles. The molecule has 0 spiro atoms. The van der Waals surface area contributed by atoms with Crippen molar-refractivity contribution in [2.75, 3.05) is 26.3 Å². The Morgan fingerprint density at radius 2 is 2.05 bits per heavy atom. The maximum atomic E-state index is 12.1. The lowest BCUT2D eigenvalue weighted by atomic mass is 9.89. The van der Waals surface area contributed by atoms with Gasteiger partial charge in [0.1, 0.15) is 5.60 Å². The summed E-state index contributed by atoms with van der Waals surface area (Å²) in [6, 6.07) is 0. The number of ether oxygens (including phenoxy) is 2. The van der Waals surface area contributed by atoms with Gasteiger partial charge in [-0.25, -0.2) is 4.79 Å². The van der Waals surface area contributed by atoms with E-state index in [1.165, 1.54) is 0 Å². The second kappa shape index (κ2) is 4.88. The van der Waals surface area contributed by atoms with Gasteiger partial charge < -0.3 is 19.5 Å². The summed E-state index contributed by atoms with van der Waals surface area (Å²) >= 11 is 0. The Morgan fingerprint density at radius 3 is 2.50 bits per heavy atom. The van der Waals surface area contributed by atoms with Gasteiger partial charge in [0, 0.05) is 12.0 Å². The average molecular weight is 285 g/mol. The summed E-state index contributed by atoms with van der Waals surface area (Å²) in [6.45, 7) is 11.5. The van der Waals surface area contributed by atoms with Crippen molar-refractivity contribution in [2.45, 2.75) is 52.7 Å². The molecule has 1 N–H and O–H groups in total. The highest BCUT2D eigenvalue weighted by Gasteiger charge is 2.66. The molecular weight excluding hydrogens is 258 g/mol. The van der Waals surface area contributed by atoms with E-state index in [-0.39, 0.29) is 29.6 Å². The van der Waals surface area contributed by atoms with Crippen molar-refractivity contribution in [3.8, 4) is 0 Å². The Labute approximate surface area is 121 Å². The van der Waals surface area contributed by atoms with E-state index in [0.717, 1.165) is 6.42 Å². The number of aliphatic hydroxyl groups is 1. The van der Waals surface area contributed by atoms with Crippen molar-refractivity contribution in [2.24, 2.45) is 10.8 Å². The Hall–Kier alpha value is -0.810. The third kappa shape index (κ3) is 2.79. The second-order valence-electron chi connectivity index (χ2n) is 7.66.